The Morgan fingerprint density at radius 2 is 0.480 bits per heavy atom. The standard InChI is InChI=1S/2C10H16N2O8.C3H8O3.4Na.4H/c2*13-7(14)3-11(4-8(15)16)1-2-12(5-9(17)18)6-10(19)20;4-1-3(6)2-5;;;;;;;;/h2*1-6H2,(H,13,14)(H,15,16)(H,17,18)(H,19,20);3-6H,1-2H2;;;;;;;;/q;;;4*+1;4*-1. The third kappa shape index (κ3) is 49.6. The molecule has 0 bridgehead atoms. The van der Waals surface area contributed by atoms with E-state index in [-0.39, 0.29) is 163 Å². The first-order valence-corrected chi connectivity index (χ1v) is 12.8. The van der Waals surface area contributed by atoms with Crippen LogP contribution in [0.5, 0.6) is 0 Å². The van der Waals surface area contributed by atoms with Crippen LogP contribution < -0.4 is 118 Å². The molecule has 0 saturated heterocycles. The van der Waals surface area contributed by atoms with Gasteiger partial charge in [-0.25, -0.2) is 0 Å². The molecule has 0 rings (SSSR count). The largest absolute Gasteiger partial charge is 1.00 e. The molecule has 0 saturated carbocycles. The monoisotopic (exact) mass is 772 g/mol. The minimum Gasteiger partial charge on any atom is -1.00 e. The molecular formula is C23H44N4Na4O19. The summed E-state index contributed by atoms with van der Waals surface area (Å²) in [4.78, 5) is 88.7. The van der Waals surface area contributed by atoms with E-state index < -0.39 is 106 Å². The molecule has 0 aliphatic heterocycles. The molecule has 0 unspecified atom stereocenters. The van der Waals surface area contributed by atoms with E-state index >= 15 is 0 Å². The number of aliphatic hydroxyl groups excluding tert-OH is 3. The zero-order valence-corrected chi connectivity index (χ0v) is 36.5. The van der Waals surface area contributed by atoms with E-state index in [0.29, 0.717) is 0 Å². The fraction of sp³-hybridized carbons (Fsp3) is 0.652. The normalized spacial score (nSPS) is 9.76. The van der Waals surface area contributed by atoms with Crippen molar-refractivity contribution in [2.75, 3.05) is 91.8 Å². The van der Waals surface area contributed by atoms with Crippen LogP contribution in [0.15, 0.2) is 0 Å². The molecule has 23 nitrogen and oxygen atoms in total. The van der Waals surface area contributed by atoms with Crippen LogP contribution >= 0.6 is 0 Å². The SMILES string of the molecule is O=C(O)CN(CCN(CC(=O)O)CC(=O)O)CC(=O)O.O=C(O)CN(CCN(CC(=O)O)CC(=O)O)CC(=O)O.OCC(O)CO.[H-].[H-].[H-].[H-].[Na+].[Na+].[Na+].[Na+]. The van der Waals surface area contributed by atoms with Crippen molar-refractivity contribution in [1.29, 1.82) is 0 Å². The molecule has 274 valence electrons. The van der Waals surface area contributed by atoms with Gasteiger partial charge in [-0.3, -0.25) is 58.0 Å². The first-order valence-electron chi connectivity index (χ1n) is 12.8. The summed E-state index contributed by atoms with van der Waals surface area (Å²) in [6, 6.07) is 0. The number of carbonyl (C=O) groups is 8. The van der Waals surface area contributed by atoms with Crippen LogP contribution in [-0.4, -0.2) is 221 Å². The van der Waals surface area contributed by atoms with Gasteiger partial charge in [0.05, 0.1) is 65.6 Å². The fourth-order valence-electron chi connectivity index (χ4n) is 3.01. The summed E-state index contributed by atoms with van der Waals surface area (Å²) in [7, 11) is 0. The van der Waals surface area contributed by atoms with Crippen LogP contribution in [0, 0.1) is 0 Å². The van der Waals surface area contributed by atoms with Crippen LogP contribution in [-0.2, 0) is 38.4 Å². The third-order valence-corrected chi connectivity index (χ3v) is 4.76. The number of carboxylic acid groups (broad SMARTS) is 8. The second-order valence-electron chi connectivity index (χ2n) is 9.01. The molecule has 0 spiro atoms. The van der Waals surface area contributed by atoms with Gasteiger partial charge in [-0.05, 0) is 0 Å². The molecular weight excluding hydrogens is 728 g/mol. The van der Waals surface area contributed by atoms with Gasteiger partial charge in [0.15, 0.2) is 0 Å². The molecule has 27 heteroatoms. The minimum absolute atomic E-state index is 0. The van der Waals surface area contributed by atoms with E-state index in [1.165, 1.54) is 0 Å². The van der Waals surface area contributed by atoms with Crippen LogP contribution in [0.25, 0.3) is 0 Å². The van der Waals surface area contributed by atoms with E-state index in [2.05, 4.69) is 0 Å². The Morgan fingerprint density at radius 1 is 0.360 bits per heavy atom. The molecule has 0 aromatic heterocycles. The van der Waals surface area contributed by atoms with Crippen LogP contribution in [0.4, 0.5) is 0 Å². The van der Waals surface area contributed by atoms with Crippen molar-refractivity contribution in [2.45, 2.75) is 6.10 Å². The Bertz CT molecular complexity index is 823. The summed E-state index contributed by atoms with van der Waals surface area (Å²) in [5.74, 6) is -9.82. The summed E-state index contributed by atoms with van der Waals surface area (Å²) < 4.78 is 0. The van der Waals surface area contributed by atoms with Gasteiger partial charge in [0.25, 0.3) is 0 Å². The molecule has 0 heterocycles. The third-order valence-electron chi connectivity index (χ3n) is 4.76. The summed E-state index contributed by atoms with van der Waals surface area (Å²) >= 11 is 0. The van der Waals surface area contributed by atoms with Gasteiger partial charge < -0.3 is 61.9 Å². The average molecular weight is 773 g/mol. The number of carboxylic acids is 8. The Labute approximate surface area is 379 Å². The second-order valence-corrected chi connectivity index (χ2v) is 9.01. The number of aliphatic carboxylic acids is 8. The summed E-state index contributed by atoms with van der Waals surface area (Å²) in [5, 5.41) is 92.9. The van der Waals surface area contributed by atoms with E-state index in [1.807, 2.05) is 0 Å². The molecule has 0 aliphatic rings. The molecule has 0 aromatic carbocycles. The van der Waals surface area contributed by atoms with Gasteiger partial charge in [0.2, 0.25) is 0 Å². The van der Waals surface area contributed by atoms with Crippen molar-refractivity contribution in [3.63, 3.8) is 0 Å². The average Bonchev–Trinajstić information content (AvgIpc) is 2.87. The molecule has 0 atom stereocenters. The Hall–Kier alpha value is -0.520. The number of nitrogens with zero attached hydrogens (tertiary/aromatic N) is 4. The maximum Gasteiger partial charge on any atom is 1.00 e. The van der Waals surface area contributed by atoms with Crippen LogP contribution in [0.2, 0.25) is 0 Å². The van der Waals surface area contributed by atoms with E-state index in [0.717, 1.165) is 19.6 Å². The summed E-state index contributed by atoms with van der Waals surface area (Å²) in [5.41, 5.74) is 0. The van der Waals surface area contributed by atoms with Crippen LogP contribution in [0.1, 0.15) is 5.71 Å². The van der Waals surface area contributed by atoms with Crippen molar-refractivity contribution in [3.8, 4) is 0 Å². The van der Waals surface area contributed by atoms with Crippen molar-refractivity contribution in [2.24, 2.45) is 0 Å². The quantitative estimate of drug-likeness (QED) is 0.0406. The first-order chi connectivity index (χ1) is 21.2. The van der Waals surface area contributed by atoms with Gasteiger partial charge in [-0.1, -0.05) is 0 Å². The zero-order chi connectivity index (χ0) is 36.4. The van der Waals surface area contributed by atoms with Gasteiger partial charge in [-0.15, -0.1) is 0 Å². The molecule has 0 fully saturated rings. The molecule has 11 N–H and O–H groups in total. The fourth-order valence-corrected chi connectivity index (χ4v) is 3.01. The summed E-state index contributed by atoms with van der Waals surface area (Å²) in [6.07, 6.45) is -0.954. The predicted octanol–water partition coefficient (Wildman–Crippen LogP) is -17.3. The van der Waals surface area contributed by atoms with Crippen molar-refractivity contribution in [1.82, 2.24) is 19.6 Å². The molecule has 50 heavy (non-hydrogen) atoms. The minimum atomic E-state index is -1.23. The number of rotatable bonds is 24. The van der Waals surface area contributed by atoms with Crippen molar-refractivity contribution >= 4 is 47.8 Å². The molecule has 0 aromatic rings. The van der Waals surface area contributed by atoms with Crippen LogP contribution in [0.3, 0.4) is 0 Å². The van der Waals surface area contributed by atoms with E-state index in [1.54, 1.807) is 0 Å². The maximum absolute atomic E-state index is 10.6. The maximum atomic E-state index is 10.6. The number of hydrogen-bond donors (Lipinski definition) is 11. The summed E-state index contributed by atoms with van der Waals surface area (Å²) in [6.45, 7) is -5.23. The van der Waals surface area contributed by atoms with Crippen molar-refractivity contribution < 1.29 is 218 Å². The number of aliphatic hydroxyl groups is 3. The molecule has 0 radical (unpaired) electrons. The Kier molecular flexibility index (Phi) is 51.1. The van der Waals surface area contributed by atoms with Gasteiger partial charge >= 0.3 is 166 Å². The zero-order valence-electron chi connectivity index (χ0n) is 32.5. The molecule has 0 aliphatic carbocycles. The smallest absolute Gasteiger partial charge is 1.00 e. The van der Waals surface area contributed by atoms with E-state index in [9.17, 15) is 38.4 Å². The topological polar surface area (TPSA) is 372 Å². The molecule has 0 amide bonds. The predicted molar refractivity (Wildman–Crippen MR) is 151 cm³/mol. The Balaban J connectivity index is -0.0000000584. The van der Waals surface area contributed by atoms with Gasteiger partial charge in [0, 0.05) is 26.2 Å². The first kappa shape index (κ1) is 64.4. The second kappa shape index (κ2) is 39.7. The van der Waals surface area contributed by atoms with Crippen molar-refractivity contribution in [3.05, 3.63) is 0 Å². The van der Waals surface area contributed by atoms with Gasteiger partial charge in [0.1, 0.15) is 6.10 Å². The Morgan fingerprint density at radius 3 is 0.540 bits per heavy atom. The number of hydrogen-bond acceptors (Lipinski definition) is 15. The van der Waals surface area contributed by atoms with Gasteiger partial charge in [-0.2, -0.15) is 0 Å². The van der Waals surface area contributed by atoms with E-state index in [4.69, 9.17) is 56.2 Å².